The van der Waals surface area contributed by atoms with E-state index in [2.05, 4.69) is 13.0 Å². The smallest absolute Gasteiger partial charge is 0.132 e. The Labute approximate surface area is 158 Å². The zero-order chi connectivity index (χ0) is 17.9. The van der Waals surface area contributed by atoms with E-state index in [4.69, 9.17) is 4.74 Å². The van der Waals surface area contributed by atoms with E-state index in [9.17, 15) is 4.39 Å². The van der Waals surface area contributed by atoms with E-state index >= 15 is 0 Å². The summed E-state index contributed by atoms with van der Waals surface area (Å²) < 4.78 is 20.7. The standard InChI is InChI=1S/C23H23FOS/c1-2-20-12-14-23(26-20)21-13-9-17(15-22(21)24)16-7-10-19(11-8-16)25-18-5-3-4-6-18/h7-15,18H,2-6H2,1H3. The van der Waals surface area contributed by atoms with E-state index in [1.165, 1.54) is 17.7 Å². The summed E-state index contributed by atoms with van der Waals surface area (Å²) in [6.45, 7) is 2.12. The van der Waals surface area contributed by atoms with Gasteiger partial charge in [-0.25, -0.2) is 4.39 Å². The zero-order valence-corrected chi connectivity index (χ0v) is 15.8. The maximum absolute atomic E-state index is 14.7. The Morgan fingerprint density at radius 1 is 0.962 bits per heavy atom. The van der Waals surface area contributed by atoms with Crippen LogP contribution in [0.1, 0.15) is 37.5 Å². The normalized spacial score (nSPS) is 14.7. The highest BCUT2D eigenvalue weighted by atomic mass is 32.1. The fourth-order valence-electron chi connectivity index (χ4n) is 3.53. The van der Waals surface area contributed by atoms with Gasteiger partial charge in [-0.3, -0.25) is 0 Å². The Balaban J connectivity index is 1.53. The monoisotopic (exact) mass is 366 g/mol. The van der Waals surface area contributed by atoms with Gasteiger partial charge in [-0.15, -0.1) is 11.3 Å². The molecule has 1 fully saturated rings. The molecule has 0 N–H and O–H groups in total. The molecule has 1 nitrogen and oxygen atoms in total. The van der Waals surface area contributed by atoms with Crippen LogP contribution in [0.15, 0.2) is 54.6 Å². The molecule has 1 aliphatic carbocycles. The van der Waals surface area contributed by atoms with Crippen molar-refractivity contribution in [2.24, 2.45) is 0 Å². The molecule has 4 rings (SSSR count). The second-order valence-electron chi connectivity index (χ2n) is 6.86. The first-order chi connectivity index (χ1) is 12.7. The molecule has 3 aromatic rings. The highest BCUT2D eigenvalue weighted by molar-refractivity contribution is 7.15. The fourth-order valence-corrected chi connectivity index (χ4v) is 4.51. The minimum absolute atomic E-state index is 0.168. The minimum Gasteiger partial charge on any atom is -0.490 e. The summed E-state index contributed by atoms with van der Waals surface area (Å²) >= 11 is 1.66. The maximum atomic E-state index is 14.7. The quantitative estimate of drug-likeness (QED) is 0.468. The van der Waals surface area contributed by atoms with Crippen LogP contribution in [0.2, 0.25) is 0 Å². The topological polar surface area (TPSA) is 9.23 Å². The molecule has 0 spiro atoms. The third kappa shape index (κ3) is 3.68. The average molecular weight is 367 g/mol. The lowest BCUT2D eigenvalue weighted by atomic mass is 10.0. The number of thiophene rings is 1. The molecule has 1 aliphatic rings. The van der Waals surface area contributed by atoms with Crippen molar-refractivity contribution in [1.29, 1.82) is 0 Å². The number of rotatable bonds is 5. The molecule has 0 atom stereocenters. The highest BCUT2D eigenvalue weighted by Crippen LogP contribution is 2.33. The average Bonchev–Trinajstić information content (AvgIpc) is 3.34. The predicted molar refractivity (Wildman–Crippen MR) is 107 cm³/mol. The molecule has 1 heterocycles. The second-order valence-corrected chi connectivity index (χ2v) is 8.03. The summed E-state index contributed by atoms with van der Waals surface area (Å²) in [6.07, 6.45) is 6.17. The lowest BCUT2D eigenvalue weighted by Crippen LogP contribution is -2.10. The lowest BCUT2D eigenvalue weighted by molar-refractivity contribution is 0.210. The van der Waals surface area contributed by atoms with Crippen LogP contribution in [0.3, 0.4) is 0 Å². The second kappa shape index (κ2) is 7.63. The van der Waals surface area contributed by atoms with Gasteiger partial charge in [0.15, 0.2) is 0 Å². The molecule has 26 heavy (non-hydrogen) atoms. The van der Waals surface area contributed by atoms with E-state index < -0.39 is 0 Å². The first-order valence-electron chi connectivity index (χ1n) is 9.38. The first-order valence-corrected chi connectivity index (χ1v) is 10.2. The van der Waals surface area contributed by atoms with E-state index in [1.54, 1.807) is 17.4 Å². The third-order valence-corrected chi connectivity index (χ3v) is 6.30. The van der Waals surface area contributed by atoms with Crippen LogP contribution in [0.5, 0.6) is 5.75 Å². The van der Waals surface area contributed by atoms with Crippen molar-refractivity contribution in [3.63, 3.8) is 0 Å². The van der Waals surface area contributed by atoms with Crippen LogP contribution in [-0.4, -0.2) is 6.10 Å². The predicted octanol–water partition coefficient (Wildman–Crippen LogP) is 7.11. The molecule has 1 aromatic heterocycles. The molecule has 2 aromatic carbocycles. The maximum Gasteiger partial charge on any atom is 0.132 e. The van der Waals surface area contributed by atoms with Gasteiger partial charge in [-0.1, -0.05) is 25.1 Å². The number of ether oxygens (including phenoxy) is 1. The Bertz CT molecular complexity index is 875. The van der Waals surface area contributed by atoms with Crippen molar-refractivity contribution >= 4 is 11.3 Å². The van der Waals surface area contributed by atoms with Crippen LogP contribution in [-0.2, 0) is 6.42 Å². The summed E-state index contributed by atoms with van der Waals surface area (Å²) in [5, 5.41) is 0. The van der Waals surface area contributed by atoms with E-state index in [0.29, 0.717) is 11.7 Å². The van der Waals surface area contributed by atoms with Gasteiger partial charge < -0.3 is 4.74 Å². The van der Waals surface area contributed by atoms with Crippen molar-refractivity contribution in [2.45, 2.75) is 45.1 Å². The van der Waals surface area contributed by atoms with Crippen LogP contribution >= 0.6 is 11.3 Å². The molecule has 1 saturated carbocycles. The summed E-state index contributed by atoms with van der Waals surface area (Å²) in [4.78, 5) is 2.27. The summed E-state index contributed by atoms with van der Waals surface area (Å²) in [5.74, 6) is 0.738. The van der Waals surface area contributed by atoms with Gasteiger partial charge in [0, 0.05) is 15.3 Å². The molecule has 3 heteroatoms. The van der Waals surface area contributed by atoms with Crippen molar-refractivity contribution in [2.75, 3.05) is 0 Å². The van der Waals surface area contributed by atoms with Gasteiger partial charge in [0.2, 0.25) is 0 Å². The van der Waals surface area contributed by atoms with Crippen LogP contribution in [0.25, 0.3) is 21.6 Å². The molecule has 0 aliphatic heterocycles. The molecule has 0 bridgehead atoms. The summed E-state index contributed by atoms with van der Waals surface area (Å²) in [6, 6.07) is 17.6. The number of halogens is 1. The molecule has 134 valence electrons. The molecule has 0 saturated heterocycles. The summed E-state index contributed by atoms with van der Waals surface area (Å²) in [7, 11) is 0. The van der Waals surface area contributed by atoms with Crippen molar-refractivity contribution in [1.82, 2.24) is 0 Å². The Hall–Kier alpha value is -2.13. The first kappa shape index (κ1) is 17.3. The highest BCUT2D eigenvalue weighted by Gasteiger charge is 2.16. The number of hydrogen-bond acceptors (Lipinski definition) is 2. The van der Waals surface area contributed by atoms with Gasteiger partial charge in [0.05, 0.1) is 6.10 Å². The van der Waals surface area contributed by atoms with Crippen molar-refractivity contribution in [3.05, 3.63) is 65.3 Å². The van der Waals surface area contributed by atoms with Gasteiger partial charge in [-0.2, -0.15) is 0 Å². The van der Waals surface area contributed by atoms with Gasteiger partial charge in [-0.05, 0) is 79.6 Å². The number of benzene rings is 2. The molecule has 0 unspecified atom stereocenters. The SMILES string of the molecule is CCc1ccc(-c2ccc(-c3ccc(OC4CCCC4)cc3)cc2F)s1. The van der Waals surface area contributed by atoms with Gasteiger partial charge in [0.25, 0.3) is 0 Å². The van der Waals surface area contributed by atoms with E-state index in [0.717, 1.165) is 41.0 Å². The van der Waals surface area contributed by atoms with Crippen LogP contribution in [0.4, 0.5) is 4.39 Å². The van der Waals surface area contributed by atoms with Gasteiger partial charge >= 0.3 is 0 Å². The Kier molecular flexibility index (Phi) is 5.07. The zero-order valence-electron chi connectivity index (χ0n) is 15.0. The third-order valence-electron chi connectivity index (χ3n) is 5.04. The molecular formula is C23H23FOS. The molecular weight excluding hydrogens is 343 g/mol. The van der Waals surface area contributed by atoms with Crippen molar-refractivity contribution in [3.8, 4) is 27.3 Å². The lowest BCUT2D eigenvalue weighted by Gasteiger charge is -2.13. The van der Waals surface area contributed by atoms with Gasteiger partial charge in [0.1, 0.15) is 11.6 Å². The number of aryl methyl sites for hydroxylation is 1. The summed E-state index contributed by atoms with van der Waals surface area (Å²) in [5.41, 5.74) is 2.58. The van der Waals surface area contributed by atoms with E-state index in [1.807, 2.05) is 42.5 Å². The molecule has 0 amide bonds. The van der Waals surface area contributed by atoms with Crippen LogP contribution < -0.4 is 4.74 Å². The van der Waals surface area contributed by atoms with E-state index in [-0.39, 0.29) is 5.82 Å². The van der Waals surface area contributed by atoms with Crippen LogP contribution in [0, 0.1) is 5.82 Å². The molecule has 0 radical (unpaired) electrons. The Morgan fingerprint density at radius 3 is 2.35 bits per heavy atom. The Morgan fingerprint density at radius 2 is 1.69 bits per heavy atom. The van der Waals surface area contributed by atoms with Crippen molar-refractivity contribution < 1.29 is 9.13 Å². The minimum atomic E-state index is -0.168. The fraction of sp³-hybridized carbons (Fsp3) is 0.304. The largest absolute Gasteiger partial charge is 0.490 e. The number of hydrogen-bond donors (Lipinski definition) is 0.